The maximum atomic E-state index is 12.1. The van der Waals surface area contributed by atoms with E-state index in [4.69, 9.17) is 0 Å². The molecule has 1 N–H and O–H groups in total. The highest BCUT2D eigenvalue weighted by molar-refractivity contribution is 5.78. The van der Waals surface area contributed by atoms with Crippen molar-refractivity contribution in [2.24, 2.45) is 0 Å². The van der Waals surface area contributed by atoms with Gasteiger partial charge in [0.05, 0.1) is 6.54 Å². The molecule has 122 valence electrons. The molecule has 1 aliphatic heterocycles. The van der Waals surface area contributed by atoms with Crippen LogP contribution in [0.3, 0.4) is 0 Å². The van der Waals surface area contributed by atoms with E-state index in [1.165, 1.54) is 0 Å². The van der Waals surface area contributed by atoms with E-state index in [-0.39, 0.29) is 11.8 Å². The first-order valence-electron chi connectivity index (χ1n) is 7.84. The summed E-state index contributed by atoms with van der Waals surface area (Å²) >= 11 is 0. The quantitative estimate of drug-likeness (QED) is 0.672. The number of piperazine rings is 1. The summed E-state index contributed by atoms with van der Waals surface area (Å²) < 4.78 is 0. The standard InChI is InChI=1S/C15H30N4O2/c1-13(2)16-7-5-6-14(20)19-10-8-18(9-11-19)12-15(21)17(3)4/h13,16H,5-12H2,1-4H3. The molecule has 0 radical (unpaired) electrons. The Bertz CT molecular complexity index is 337. The summed E-state index contributed by atoms with van der Waals surface area (Å²) in [5.74, 6) is 0.355. The Morgan fingerprint density at radius 1 is 1.14 bits per heavy atom. The minimum absolute atomic E-state index is 0.120. The van der Waals surface area contributed by atoms with Crippen LogP contribution in [0.1, 0.15) is 26.7 Å². The number of hydrogen-bond acceptors (Lipinski definition) is 4. The Kier molecular flexibility index (Phi) is 7.67. The molecule has 0 unspecified atom stereocenters. The van der Waals surface area contributed by atoms with Gasteiger partial charge >= 0.3 is 0 Å². The van der Waals surface area contributed by atoms with Gasteiger partial charge in [0, 0.05) is 52.7 Å². The maximum absolute atomic E-state index is 12.1. The van der Waals surface area contributed by atoms with E-state index in [1.807, 2.05) is 4.90 Å². The van der Waals surface area contributed by atoms with Crippen molar-refractivity contribution in [2.45, 2.75) is 32.7 Å². The summed E-state index contributed by atoms with van der Waals surface area (Å²) in [5, 5.41) is 3.32. The molecular weight excluding hydrogens is 268 g/mol. The maximum Gasteiger partial charge on any atom is 0.236 e. The molecular formula is C15H30N4O2. The molecule has 6 nitrogen and oxygen atoms in total. The number of hydrogen-bond donors (Lipinski definition) is 1. The normalized spacial score (nSPS) is 16.3. The molecule has 0 bridgehead atoms. The van der Waals surface area contributed by atoms with Crippen LogP contribution in [0.15, 0.2) is 0 Å². The van der Waals surface area contributed by atoms with Crippen molar-refractivity contribution in [1.29, 1.82) is 0 Å². The number of carbonyl (C=O) groups excluding carboxylic acids is 2. The summed E-state index contributed by atoms with van der Waals surface area (Å²) in [6, 6.07) is 0.470. The smallest absolute Gasteiger partial charge is 0.236 e. The van der Waals surface area contributed by atoms with E-state index in [0.29, 0.717) is 19.0 Å². The fourth-order valence-corrected chi connectivity index (χ4v) is 2.28. The highest BCUT2D eigenvalue weighted by atomic mass is 16.2. The number of rotatable bonds is 7. The average molecular weight is 298 g/mol. The molecule has 0 aromatic rings. The largest absolute Gasteiger partial charge is 0.348 e. The lowest BCUT2D eigenvalue weighted by Crippen LogP contribution is -2.51. The highest BCUT2D eigenvalue weighted by Crippen LogP contribution is 2.05. The van der Waals surface area contributed by atoms with Crippen molar-refractivity contribution < 1.29 is 9.59 Å². The van der Waals surface area contributed by atoms with Crippen molar-refractivity contribution in [2.75, 3.05) is 53.4 Å². The molecule has 1 fully saturated rings. The van der Waals surface area contributed by atoms with E-state index < -0.39 is 0 Å². The zero-order valence-electron chi connectivity index (χ0n) is 13.9. The van der Waals surface area contributed by atoms with Gasteiger partial charge in [-0.1, -0.05) is 13.8 Å². The van der Waals surface area contributed by atoms with Gasteiger partial charge < -0.3 is 15.1 Å². The first-order valence-corrected chi connectivity index (χ1v) is 7.84. The SMILES string of the molecule is CC(C)NCCCC(=O)N1CCN(CC(=O)N(C)C)CC1. The van der Waals surface area contributed by atoms with Gasteiger partial charge in [-0.05, 0) is 13.0 Å². The number of carbonyl (C=O) groups is 2. The van der Waals surface area contributed by atoms with Crippen LogP contribution in [-0.4, -0.2) is 85.9 Å². The second-order valence-corrected chi connectivity index (χ2v) is 6.16. The number of nitrogens with one attached hydrogen (secondary N) is 1. The summed E-state index contributed by atoms with van der Waals surface area (Å²) in [7, 11) is 3.54. The van der Waals surface area contributed by atoms with E-state index in [1.54, 1.807) is 19.0 Å². The van der Waals surface area contributed by atoms with Crippen LogP contribution < -0.4 is 5.32 Å². The minimum atomic E-state index is 0.120. The summed E-state index contributed by atoms with van der Waals surface area (Å²) in [4.78, 5) is 29.4. The molecule has 21 heavy (non-hydrogen) atoms. The van der Waals surface area contributed by atoms with Crippen LogP contribution in [0.5, 0.6) is 0 Å². The Hall–Kier alpha value is -1.14. The zero-order chi connectivity index (χ0) is 15.8. The molecule has 0 saturated carbocycles. The third kappa shape index (κ3) is 6.91. The highest BCUT2D eigenvalue weighted by Gasteiger charge is 2.22. The lowest BCUT2D eigenvalue weighted by Gasteiger charge is -2.34. The van der Waals surface area contributed by atoms with Gasteiger partial charge in [0.1, 0.15) is 0 Å². The van der Waals surface area contributed by atoms with Gasteiger partial charge in [-0.3, -0.25) is 14.5 Å². The number of likely N-dealkylation sites (N-methyl/N-ethyl adjacent to an activating group) is 1. The fraction of sp³-hybridized carbons (Fsp3) is 0.867. The summed E-state index contributed by atoms with van der Waals surface area (Å²) in [5.41, 5.74) is 0. The third-order valence-electron chi connectivity index (χ3n) is 3.70. The Balaban J connectivity index is 2.20. The van der Waals surface area contributed by atoms with E-state index in [0.717, 1.165) is 39.1 Å². The van der Waals surface area contributed by atoms with Crippen LogP contribution in [0.4, 0.5) is 0 Å². The van der Waals surface area contributed by atoms with E-state index >= 15 is 0 Å². The fourth-order valence-electron chi connectivity index (χ4n) is 2.28. The van der Waals surface area contributed by atoms with Crippen molar-refractivity contribution in [3.05, 3.63) is 0 Å². The number of nitrogens with zero attached hydrogens (tertiary/aromatic N) is 3. The van der Waals surface area contributed by atoms with Gasteiger partial charge in [-0.25, -0.2) is 0 Å². The lowest BCUT2D eigenvalue weighted by molar-refractivity contribution is -0.134. The molecule has 1 rings (SSSR count). The van der Waals surface area contributed by atoms with Crippen molar-refractivity contribution in [3.63, 3.8) is 0 Å². The second-order valence-electron chi connectivity index (χ2n) is 6.16. The zero-order valence-corrected chi connectivity index (χ0v) is 13.9. The first-order chi connectivity index (χ1) is 9.90. The van der Waals surface area contributed by atoms with Crippen LogP contribution in [0, 0.1) is 0 Å². The molecule has 1 saturated heterocycles. The second kappa shape index (κ2) is 9.00. The van der Waals surface area contributed by atoms with Crippen molar-refractivity contribution in [3.8, 4) is 0 Å². The predicted octanol–water partition coefficient (Wildman–Crippen LogP) is -0.00300. The Labute approximate surface area is 128 Å². The molecule has 1 heterocycles. The van der Waals surface area contributed by atoms with Gasteiger partial charge in [0.25, 0.3) is 0 Å². The van der Waals surface area contributed by atoms with Gasteiger partial charge in [-0.15, -0.1) is 0 Å². The summed E-state index contributed by atoms with van der Waals surface area (Å²) in [6.45, 7) is 8.60. The molecule has 6 heteroatoms. The van der Waals surface area contributed by atoms with Crippen LogP contribution in [0.2, 0.25) is 0 Å². The van der Waals surface area contributed by atoms with Crippen LogP contribution >= 0.6 is 0 Å². The average Bonchev–Trinajstić information content (AvgIpc) is 2.43. The van der Waals surface area contributed by atoms with E-state index in [9.17, 15) is 9.59 Å². The Morgan fingerprint density at radius 3 is 2.29 bits per heavy atom. The summed E-state index contributed by atoms with van der Waals surface area (Å²) in [6.07, 6.45) is 1.49. The monoisotopic (exact) mass is 298 g/mol. The van der Waals surface area contributed by atoms with Gasteiger partial charge in [0.2, 0.25) is 11.8 Å². The van der Waals surface area contributed by atoms with Crippen molar-refractivity contribution >= 4 is 11.8 Å². The molecule has 0 aromatic carbocycles. The first kappa shape index (κ1) is 17.9. The van der Waals surface area contributed by atoms with Gasteiger partial charge in [-0.2, -0.15) is 0 Å². The Morgan fingerprint density at radius 2 is 1.76 bits per heavy atom. The molecule has 0 atom stereocenters. The molecule has 0 aromatic heterocycles. The molecule has 1 aliphatic rings. The van der Waals surface area contributed by atoms with E-state index in [2.05, 4.69) is 24.1 Å². The topological polar surface area (TPSA) is 55.9 Å². The van der Waals surface area contributed by atoms with Crippen molar-refractivity contribution in [1.82, 2.24) is 20.0 Å². The lowest BCUT2D eigenvalue weighted by atomic mass is 10.2. The molecule has 2 amide bonds. The van der Waals surface area contributed by atoms with Crippen LogP contribution in [-0.2, 0) is 9.59 Å². The van der Waals surface area contributed by atoms with Gasteiger partial charge in [0.15, 0.2) is 0 Å². The van der Waals surface area contributed by atoms with Crippen LogP contribution in [0.25, 0.3) is 0 Å². The molecule has 0 aliphatic carbocycles. The predicted molar refractivity (Wildman–Crippen MR) is 84.1 cm³/mol. The number of amides is 2. The molecule has 0 spiro atoms. The minimum Gasteiger partial charge on any atom is -0.348 e. The third-order valence-corrected chi connectivity index (χ3v) is 3.70.